The van der Waals surface area contributed by atoms with E-state index in [1.54, 1.807) is 17.4 Å². The summed E-state index contributed by atoms with van der Waals surface area (Å²) in [6.45, 7) is 5.43. The third-order valence-corrected chi connectivity index (χ3v) is 7.47. The summed E-state index contributed by atoms with van der Waals surface area (Å²) in [5.74, 6) is 0.979. The van der Waals surface area contributed by atoms with Crippen LogP contribution in [0.25, 0.3) is 0 Å². The second kappa shape index (κ2) is 11.6. The molecule has 3 aromatic rings. The zero-order valence-electron chi connectivity index (χ0n) is 18.5. The standard InChI is InChI=1S/C26H28ClO3S.Y/c1-26(2,18-7-4-3-5-8-18)19-13-20(30-15-19)10-11-22-23(25(28)14-24(22)27)17-29-16-21-9-6-12-31-21;/h3-9,13-15,22-23,25,28H,10-11,16-17H2,1-2H3;/q-1;/t22-,23-,25?;/m1./s1. The summed E-state index contributed by atoms with van der Waals surface area (Å²) in [6, 6.07) is 16.5. The quantitative estimate of drug-likeness (QED) is 0.320. The largest absolute Gasteiger partial charge is 0.469 e. The van der Waals surface area contributed by atoms with Crippen LogP contribution < -0.4 is 0 Å². The van der Waals surface area contributed by atoms with Crippen LogP contribution in [0.1, 0.15) is 42.0 Å². The van der Waals surface area contributed by atoms with Crippen LogP contribution in [0, 0.1) is 17.2 Å². The van der Waals surface area contributed by atoms with Gasteiger partial charge in [-0.2, -0.15) is 12.1 Å². The van der Waals surface area contributed by atoms with Crippen LogP contribution in [0.5, 0.6) is 0 Å². The van der Waals surface area contributed by atoms with Gasteiger partial charge >= 0.3 is 0 Å². The molecule has 1 N–H and O–H groups in total. The van der Waals surface area contributed by atoms with Crippen molar-refractivity contribution >= 4 is 22.9 Å². The number of benzene rings is 1. The normalized spacial score (nSPS) is 20.8. The van der Waals surface area contributed by atoms with E-state index in [2.05, 4.69) is 49.6 Å². The Balaban J connectivity index is 0.00000289. The molecule has 0 amide bonds. The van der Waals surface area contributed by atoms with E-state index in [9.17, 15) is 5.11 Å². The van der Waals surface area contributed by atoms with Crippen LogP contribution in [0.2, 0.25) is 0 Å². The molecule has 167 valence electrons. The number of furan rings is 1. The van der Waals surface area contributed by atoms with Gasteiger partial charge in [-0.3, -0.25) is 11.3 Å². The Hall–Kier alpha value is -0.746. The van der Waals surface area contributed by atoms with E-state index >= 15 is 0 Å². The van der Waals surface area contributed by atoms with Gasteiger partial charge in [-0.15, -0.1) is 10.3 Å². The van der Waals surface area contributed by atoms with E-state index in [1.165, 1.54) is 5.56 Å². The van der Waals surface area contributed by atoms with Crippen molar-refractivity contribution in [3.05, 3.63) is 93.0 Å². The van der Waals surface area contributed by atoms with Gasteiger partial charge in [-0.1, -0.05) is 55.8 Å². The number of hydrogen-bond acceptors (Lipinski definition) is 4. The van der Waals surface area contributed by atoms with Gasteiger partial charge in [0.25, 0.3) is 0 Å². The minimum atomic E-state index is -0.573. The van der Waals surface area contributed by atoms with E-state index in [-0.39, 0.29) is 50.0 Å². The molecule has 3 atom stereocenters. The van der Waals surface area contributed by atoms with Gasteiger partial charge in [-0.05, 0) is 24.1 Å². The molecule has 32 heavy (non-hydrogen) atoms. The fourth-order valence-corrected chi connectivity index (χ4v) is 5.19. The van der Waals surface area contributed by atoms with Crippen LogP contribution in [-0.2, 0) is 55.9 Å². The average Bonchev–Trinajstić information content (AvgIpc) is 3.50. The van der Waals surface area contributed by atoms with Crippen LogP contribution in [0.3, 0.4) is 0 Å². The SMILES string of the molecule is CC(C)(c1ccccc1)c1coc(CC[C@H]2C(Cl)=CC(O)[C@@H]2COCc2cc[c-]s2)c1.[Y]. The van der Waals surface area contributed by atoms with Gasteiger partial charge in [0, 0.05) is 73.6 Å². The first-order valence-corrected chi connectivity index (χ1v) is 11.9. The predicted molar refractivity (Wildman–Crippen MR) is 125 cm³/mol. The molecule has 0 spiro atoms. The van der Waals surface area contributed by atoms with Crippen LogP contribution in [0.4, 0.5) is 0 Å². The van der Waals surface area contributed by atoms with E-state index in [4.69, 9.17) is 20.8 Å². The van der Waals surface area contributed by atoms with Crippen LogP contribution in [-0.4, -0.2) is 17.8 Å². The summed E-state index contributed by atoms with van der Waals surface area (Å²) >= 11 is 8.04. The van der Waals surface area contributed by atoms with Crippen molar-refractivity contribution in [3.63, 3.8) is 0 Å². The molecule has 0 saturated carbocycles. The van der Waals surface area contributed by atoms with Crippen molar-refractivity contribution in [1.29, 1.82) is 0 Å². The number of rotatable bonds is 9. The fraction of sp³-hybridized carbons (Fsp3) is 0.385. The molecule has 3 nitrogen and oxygen atoms in total. The first-order valence-electron chi connectivity index (χ1n) is 10.7. The number of thiophene rings is 1. The van der Waals surface area contributed by atoms with Gasteiger partial charge in [0.2, 0.25) is 0 Å². The van der Waals surface area contributed by atoms with Gasteiger partial charge in [0.15, 0.2) is 0 Å². The number of aliphatic hydroxyl groups excluding tert-OH is 1. The van der Waals surface area contributed by atoms with Crippen LogP contribution in [0.15, 0.2) is 70.3 Å². The topological polar surface area (TPSA) is 42.6 Å². The smallest absolute Gasteiger partial charge is 0.104 e. The summed E-state index contributed by atoms with van der Waals surface area (Å²) in [6.07, 6.45) is 4.62. The first kappa shape index (κ1) is 25.9. The van der Waals surface area contributed by atoms with Crippen molar-refractivity contribution in [3.8, 4) is 0 Å². The Morgan fingerprint density at radius 2 is 1.97 bits per heavy atom. The molecular formula is C26H28ClO3SY-. The summed E-state index contributed by atoms with van der Waals surface area (Å²) in [4.78, 5) is 1.13. The maximum Gasteiger partial charge on any atom is 0.104 e. The minimum Gasteiger partial charge on any atom is -0.469 e. The maximum absolute atomic E-state index is 10.5. The second-order valence-corrected chi connectivity index (χ2v) is 10.1. The zero-order chi connectivity index (χ0) is 21.8. The Labute approximate surface area is 224 Å². The van der Waals surface area contributed by atoms with Crippen molar-refractivity contribution in [1.82, 2.24) is 0 Å². The van der Waals surface area contributed by atoms with Crippen molar-refractivity contribution in [2.45, 2.75) is 44.8 Å². The molecule has 0 fully saturated rings. The summed E-state index contributed by atoms with van der Waals surface area (Å²) in [5.41, 5.74) is 2.29. The summed E-state index contributed by atoms with van der Waals surface area (Å²) in [7, 11) is 0. The molecule has 0 aliphatic heterocycles. The number of allylic oxidation sites excluding steroid dienone is 1. The minimum absolute atomic E-state index is 0. The zero-order valence-corrected chi connectivity index (χ0v) is 22.9. The molecular weight excluding hydrogens is 517 g/mol. The molecule has 1 aliphatic rings. The number of ether oxygens (including phenoxy) is 1. The molecule has 1 aromatic carbocycles. The molecule has 1 radical (unpaired) electrons. The van der Waals surface area contributed by atoms with Gasteiger partial charge < -0.3 is 14.3 Å². The molecule has 0 saturated heterocycles. The van der Waals surface area contributed by atoms with Crippen molar-refractivity contribution in [2.24, 2.45) is 11.8 Å². The van der Waals surface area contributed by atoms with Crippen LogP contribution >= 0.6 is 22.9 Å². The summed E-state index contributed by atoms with van der Waals surface area (Å²) in [5, 5.41) is 14.2. The van der Waals surface area contributed by atoms with E-state index in [0.717, 1.165) is 34.1 Å². The Morgan fingerprint density at radius 1 is 1.19 bits per heavy atom. The Morgan fingerprint density at radius 3 is 2.69 bits per heavy atom. The number of hydrogen-bond donors (Lipinski definition) is 1. The molecule has 4 rings (SSSR count). The third kappa shape index (κ3) is 6.03. The van der Waals surface area contributed by atoms with Gasteiger partial charge in [-0.25, -0.2) is 0 Å². The Bertz CT molecular complexity index is 997. The van der Waals surface area contributed by atoms with E-state index < -0.39 is 6.10 Å². The monoisotopic (exact) mass is 544 g/mol. The number of halogens is 1. The van der Waals surface area contributed by atoms with Gasteiger partial charge in [0.1, 0.15) is 5.76 Å². The van der Waals surface area contributed by atoms with Crippen molar-refractivity contribution in [2.75, 3.05) is 6.61 Å². The van der Waals surface area contributed by atoms with Crippen molar-refractivity contribution < 1.29 is 47.0 Å². The average molecular weight is 545 g/mol. The molecule has 6 heteroatoms. The van der Waals surface area contributed by atoms with E-state index in [1.807, 2.05) is 24.5 Å². The number of aryl methyl sites for hydroxylation is 1. The first-order chi connectivity index (χ1) is 14.9. The molecule has 2 aromatic heterocycles. The number of aliphatic hydroxyl groups is 1. The third-order valence-electron chi connectivity index (χ3n) is 6.29. The van der Waals surface area contributed by atoms with E-state index in [0.29, 0.717) is 13.2 Å². The Kier molecular flexibility index (Phi) is 9.37. The summed E-state index contributed by atoms with van der Waals surface area (Å²) < 4.78 is 11.8. The molecule has 1 unspecified atom stereocenters. The molecule has 1 aliphatic carbocycles. The maximum atomic E-state index is 10.5. The van der Waals surface area contributed by atoms with Gasteiger partial charge in [0.05, 0.1) is 19.0 Å². The molecule has 2 heterocycles. The molecule has 0 bridgehead atoms. The second-order valence-electron chi connectivity index (χ2n) is 8.68. The fourth-order valence-electron chi connectivity index (χ4n) is 4.22. The predicted octanol–water partition coefficient (Wildman–Crippen LogP) is 6.34.